The fourth-order valence-electron chi connectivity index (χ4n) is 2.95. The molecule has 24 heavy (non-hydrogen) atoms. The van der Waals surface area contributed by atoms with Crippen LogP contribution >= 0.6 is 0 Å². The van der Waals surface area contributed by atoms with Crippen LogP contribution in [-0.2, 0) is 0 Å². The Hall–Kier alpha value is -2.36. The Morgan fingerprint density at radius 3 is 2.29 bits per heavy atom. The predicted molar refractivity (Wildman–Crippen MR) is 98.1 cm³/mol. The molecule has 2 rings (SSSR count). The van der Waals surface area contributed by atoms with Gasteiger partial charge >= 0.3 is 0 Å². The van der Waals surface area contributed by atoms with E-state index in [1.54, 1.807) is 0 Å². The summed E-state index contributed by atoms with van der Waals surface area (Å²) in [5, 5.41) is 3.04. The molecule has 0 aliphatic rings. The molecule has 0 saturated carbocycles. The van der Waals surface area contributed by atoms with Crippen molar-refractivity contribution in [1.29, 1.82) is 0 Å². The average Bonchev–Trinajstić information content (AvgIpc) is 2.47. The molecule has 4 heteroatoms. The van der Waals surface area contributed by atoms with E-state index in [-0.39, 0.29) is 5.91 Å². The molecule has 1 aromatic carbocycles. The number of rotatable bonds is 5. The van der Waals surface area contributed by atoms with Crippen molar-refractivity contribution in [1.82, 2.24) is 4.98 Å². The van der Waals surface area contributed by atoms with E-state index in [0.717, 1.165) is 28.9 Å². The van der Waals surface area contributed by atoms with Gasteiger partial charge in [0.2, 0.25) is 0 Å². The third-order valence-corrected chi connectivity index (χ3v) is 3.90. The smallest absolute Gasteiger partial charge is 0.261 e. The van der Waals surface area contributed by atoms with Gasteiger partial charge in [-0.1, -0.05) is 24.6 Å². The third kappa shape index (κ3) is 3.94. The Labute approximate surface area is 144 Å². The van der Waals surface area contributed by atoms with Crippen molar-refractivity contribution in [3.63, 3.8) is 0 Å². The number of carbonyl (C=O) groups is 1. The van der Waals surface area contributed by atoms with Gasteiger partial charge in [0.25, 0.3) is 5.91 Å². The summed E-state index contributed by atoms with van der Waals surface area (Å²) in [6.45, 7) is 12.4. The lowest BCUT2D eigenvalue weighted by Crippen LogP contribution is -2.18. The fraction of sp³-hybridized carbons (Fsp3) is 0.400. The highest BCUT2D eigenvalue weighted by atomic mass is 16.5. The summed E-state index contributed by atoms with van der Waals surface area (Å²) in [5.74, 6) is 0.419. The lowest BCUT2D eigenvalue weighted by Gasteiger charge is -2.16. The minimum Gasteiger partial charge on any atom is -0.493 e. The Bertz CT molecular complexity index is 743. The number of nitrogens with one attached hydrogen (secondary N) is 1. The van der Waals surface area contributed by atoms with Gasteiger partial charge < -0.3 is 10.1 Å². The van der Waals surface area contributed by atoms with E-state index in [9.17, 15) is 4.79 Å². The first-order chi connectivity index (χ1) is 11.3. The van der Waals surface area contributed by atoms with Crippen LogP contribution in [0, 0.1) is 34.6 Å². The Balaban J connectivity index is 2.40. The molecule has 4 nitrogen and oxygen atoms in total. The molecule has 2 aromatic rings. The van der Waals surface area contributed by atoms with Crippen LogP contribution in [0.5, 0.6) is 5.75 Å². The largest absolute Gasteiger partial charge is 0.493 e. The maximum Gasteiger partial charge on any atom is 0.261 e. The first-order valence-corrected chi connectivity index (χ1v) is 8.33. The number of hydrogen-bond acceptors (Lipinski definition) is 3. The number of nitrogens with zero attached hydrogens (tertiary/aromatic N) is 1. The van der Waals surface area contributed by atoms with Gasteiger partial charge in [-0.2, -0.15) is 0 Å². The normalized spacial score (nSPS) is 10.6. The quantitative estimate of drug-likeness (QED) is 0.869. The zero-order chi connectivity index (χ0) is 17.9. The fourth-order valence-corrected chi connectivity index (χ4v) is 2.95. The molecule has 0 unspecified atom stereocenters. The van der Waals surface area contributed by atoms with E-state index < -0.39 is 0 Å². The van der Waals surface area contributed by atoms with E-state index in [0.29, 0.717) is 23.6 Å². The Morgan fingerprint density at radius 1 is 1.08 bits per heavy atom. The molecule has 0 radical (unpaired) electrons. The average molecular weight is 326 g/mol. The van der Waals surface area contributed by atoms with Crippen molar-refractivity contribution in [2.24, 2.45) is 0 Å². The van der Waals surface area contributed by atoms with Crippen LogP contribution < -0.4 is 10.1 Å². The Kier molecular flexibility index (Phi) is 5.60. The number of anilines is 1. The van der Waals surface area contributed by atoms with Gasteiger partial charge in [-0.15, -0.1) is 0 Å². The summed E-state index contributed by atoms with van der Waals surface area (Å²) in [7, 11) is 0. The van der Waals surface area contributed by atoms with Crippen molar-refractivity contribution in [2.45, 2.75) is 48.0 Å². The van der Waals surface area contributed by atoms with E-state index in [1.807, 2.05) is 40.7 Å². The SMILES string of the molecule is CCCOc1cc(C)nc(C)c1C(=O)Nc1c(C)cc(C)cc1C. The number of benzene rings is 1. The molecule has 128 valence electrons. The lowest BCUT2D eigenvalue weighted by molar-refractivity contribution is 0.102. The number of amides is 1. The van der Waals surface area contributed by atoms with Gasteiger partial charge in [-0.25, -0.2) is 0 Å². The molecule has 0 saturated heterocycles. The van der Waals surface area contributed by atoms with Crippen molar-refractivity contribution >= 4 is 11.6 Å². The number of aromatic nitrogens is 1. The molecular formula is C20H26N2O2. The first kappa shape index (κ1) is 18.0. The molecule has 0 aliphatic heterocycles. The molecule has 1 heterocycles. The third-order valence-electron chi connectivity index (χ3n) is 3.90. The highest BCUT2D eigenvalue weighted by Crippen LogP contribution is 2.27. The minimum absolute atomic E-state index is 0.179. The van der Waals surface area contributed by atoms with E-state index >= 15 is 0 Å². The molecule has 0 fully saturated rings. The van der Waals surface area contributed by atoms with Crippen LogP contribution in [0.3, 0.4) is 0 Å². The van der Waals surface area contributed by atoms with Gasteiger partial charge in [0, 0.05) is 17.4 Å². The number of aryl methyl sites for hydroxylation is 5. The highest BCUT2D eigenvalue weighted by Gasteiger charge is 2.19. The maximum absolute atomic E-state index is 12.9. The number of hydrogen-bond donors (Lipinski definition) is 1. The van der Waals surface area contributed by atoms with Gasteiger partial charge in [-0.3, -0.25) is 9.78 Å². The summed E-state index contributed by atoms with van der Waals surface area (Å²) < 4.78 is 5.79. The van der Waals surface area contributed by atoms with Gasteiger partial charge in [-0.05, 0) is 52.2 Å². The second kappa shape index (κ2) is 7.47. The maximum atomic E-state index is 12.9. The van der Waals surface area contributed by atoms with Crippen LogP contribution in [0.2, 0.25) is 0 Å². The van der Waals surface area contributed by atoms with Crippen LogP contribution in [0.4, 0.5) is 5.69 Å². The van der Waals surface area contributed by atoms with Crippen LogP contribution in [0.15, 0.2) is 18.2 Å². The zero-order valence-electron chi connectivity index (χ0n) is 15.4. The number of pyridine rings is 1. The molecule has 0 spiro atoms. The Morgan fingerprint density at radius 2 is 1.71 bits per heavy atom. The van der Waals surface area contributed by atoms with Gasteiger partial charge in [0.1, 0.15) is 11.3 Å². The number of carbonyl (C=O) groups excluding carboxylic acids is 1. The van der Waals surface area contributed by atoms with E-state index in [4.69, 9.17) is 4.74 Å². The second-order valence-corrected chi connectivity index (χ2v) is 6.30. The van der Waals surface area contributed by atoms with Crippen molar-refractivity contribution in [3.05, 3.63) is 51.8 Å². The molecular weight excluding hydrogens is 300 g/mol. The minimum atomic E-state index is -0.179. The van der Waals surface area contributed by atoms with E-state index in [1.165, 1.54) is 5.56 Å². The zero-order valence-corrected chi connectivity index (χ0v) is 15.4. The number of ether oxygens (including phenoxy) is 1. The molecule has 1 aromatic heterocycles. The predicted octanol–water partition coefficient (Wildman–Crippen LogP) is 4.66. The van der Waals surface area contributed by atoms with Crippen molar-refractivity contribution in [3.8, 4) is 5.75 Å². The summed E-state index contributed by atoms with van der Waals surface area (Å²) in [6, 6.07) is 5.96. The summed E-state index contributed by atoms with van der Waals surface area (Å²) in [5.41, 5.74) is 6.17. The van der Waals surface area contributed by atoms with Crippen LogP contribution in [0.1, 0.15) is 51.8 Å². The van der Waals surface area contributed by atoms with Crippen LogP contribution in [-0.4, -0.2) is 17.5 Å². The first-order valence-electron chi connectivity index (χ1n) is 8.33. The molecule has 1 amide bonds. The summed E-state index contributed by atoms with van der Waals surface area (Å²) in [6.07, 6.45) is 0.887. The van der Waals surface area contributed by atoms with Crippen LogP contribution in [0.25, 0.3) is 0 Å². The van der Waals surface area contributed by atoms with Gasteiger partial charge in [0.15, 0.2) is 0 Å². The molecule has 1 N–H and O–H groups in total. The molecule has 0 aliphatic carbocycles. The van der Waals surface area contributed by atoms with E-state index in [2.05, 4.69) is 29.4 Å². The lowest BCUT2D eigenvalue weighted by atomic mass is 10.0. The highest BCUT2D eigenvalue weighted by molar-refractivity contribution is 6.07. The van der Waals surface area contributed by atoms with Gasteiger partial charge in [0.05, 0.1) is 12.3 Å². The summed E-state index contributed by atoms with van der Waals surface area (Å²) >= 11 is 0. The summed E-state index contributed by atoms with van der Waals surface area (Å²) in [4.78, 5) is 17.3. The molecule has 0 bridgehead atoms. The second-order valence-electron chi connectivity index (χ2n) is 6.30. The van der Waals surface area contributed by atoms with Crippen molar-refractivity contribution < 1.29 is 9.53 Å². The standard InChI is InChI=1S/C20H26N2O2/c1-7-8-24-17-11-15(5)21-16(6)18(17)20(23)22-19-13(3)9-12(2)10-14(19)4/h9-11H,7-8H2,1-6H3,(H,22,23). The topological polar surface area (TPSA) is 51.2 Å². The monoisotopic (exact) mass is 326 g/mol. The molecule has 0 atom stereocenters. The van der Waals surface area contributed by atoms with Crippen molar-refractivity contribution in [2.75, 3.05) is 11.9 Å².